The molecule has 0 atom stereocenters. The monoisotopic (exact) mass is 296 g/mol. The first kappa shape index (κ1) is 16.1. The SMILES string of the molecule is Cc1nc(C(F)(F)F)ncc1CN1CCNCC1.Cl. The first-order chi connectivity index (χ1) is 8.47. The lowest BCUT2D eigenvalue weighted by atomic mass is 10.2. The van der Waals surface area contributed by atoms with Crippen molar-refractivity contribution in [3.8, 4) is 0 Å². The van der Waals surface area contributed by atoms with Crippen molar-refractivity contribution in [1.82, 2.24) is 20.2 Å². The van der Waals surface area contributed by atoms with Crippen molar-refractivity contribution < 1.29 is 13.2 Å². The molecule has 0 aliphatic carbocycles. The van der Waals surface area contributed by atoms with Gasteiger partial charge in [0.25, 0.3) is 0 Å². The van der Waals surface area contributed by atoms with E-state index in [0.717, 1.165) is 31.7 Å². The molecule has 0 saturated carbocycles. The number of nitrogens with one attached hydrogen (secondary N) is 1. The smallest absolute Gasteiger partial charge is 0.314 e. The topological polar surface area (TPSA) is 41.1 Å². The third kappa shape index (κ3) is 4.29. The van der Waals surface area contributed by atoms with Crippen LogP contribution in [0.25, 0.3) is 0 Å². The molecule has 2 rings (SSSR count). The van der Waals surface area contributed by atoms with Crippen molar-refractivity contribution in [2.24, 2.45) is 0 Å². The Kier molecular flexibility index (Phi) is 5.51. The van der Waals surface area contributed by atoms with Gasteiger partial charge in [0.1, 0.15) is 0 Å². The van der Waals surface area contributed by atoms with Gasteiger partial charge >= 0.3 is 6.18 Å². The van der Waals surface area contributed by atoms with Gasteiger partial charge in [0, 0.05) is 50.2 Å². The van der Waals surface area contributed by atoms with E-state index in [-0.39, 0.29) is 12.4 Å². The maximum Gasteiger partial charge on any atom is 0.451 e. The van der Waals surface area contributed by atoms with Crippen molar-refractivity contribution >= 4 is 12.4 Å². The molecular weight excluding hydrogens is 281 g/mol. The van der Waals surface area contributed by atoms with Gasteiger partial charge in [-0.1, -0.05) is 0 Å². The van der Waals surface area contributed by atoms with Crippen LogP contribution in [-0.2, 0) is 12.7 Å². The molecule has 2 heterocycles. The summed E-state index contributed by atoms with van der Waals surface area (Å²) in [5.41, 5.74) is 1.15. The lowest BCUT2D eigenvalue weighted by Crippen LogP contribution is -2.43. The van der Waals surface area contributed by atoms with Gasteiger partial charge in [-0.05, 0) is 6.92 Å². The number of nitrogens with zero attached hydrogens (tertiary/aromatic N) is 3. The van der Waals surface area contributed by atoms with Gasteiger partial charge in [-0.3, -0.25) is 4.90 Å². The van der Waals surface area contributed by atoms with Gasteiger partial charge in [0.05, 0.1) is 0 Å². The first-order valence-corrected chi connectivity index (χ1v) is 5.79. The average molecular weight is 297 g/mol. The van der Waals surface area contributed by atoms with Crippen molar-refractivity contribution in [2.75, 3.05) is 26.2 Å². The Labute approximate surface area is 115 Å². The van der Waals surface area contributed by atoms with E-state index >= 15 is 0 Å². The van der Waals surface area contributed by atoms with E-state index < -0.39 is 12.0 Å². The quantitative estimate of drug-likeness (QED) is 0.901. The average Bonchev–Trinajstić information content (AvgIpc) is 2.32. The second kappa shape index (κ2) is 6.49. The predicted octanol–water partition coefficient (Wildman–Crippen LogP) is 1.63. The third-order valence-electron chi connectivity index (χ3n) is 2.94. The third-order valence-corrected chi connectivity index (χ3v) is 2.94. The number of aryl methyl sites for hydroxylation is 1. The fraction of sp³-hybridized carbons (Fsp3) is 0.636. The van der Waals surface area contributed by atoms with Crippen LogP contribution in [0.4, 0.5) is 13.2 Å². The molecule has 1 aromatic rings. The van der Waals surface area contributed by atoms with Crippen LogP contribution in [0.1, 0.15) is 17.1 Å². The second-order valence-electron chi connectivity index (χ2n) is 4.33. The molecule has 0 radical (unpaired) electrons. The molecule has 1 fully saturated rings. The first-order valence-electron chi connectivity index (χ1n) is 5.79. The van der Waals surface area contributed by atoms with Gasteiger partial charge < -0.3 is 5.32 Å². The van der Waals surface area contributed by atoms with Crippen molar-refractivity contribution in [1.29, 1.82) is 0 Å². The Hall–Kier alpha value is -0.920. The fourth-order valence-corrected chi connectivity index (χ4v) is 1.89. The summed E-state index contributed by atoms with van der Waals surface area (Å²) >= 11 is 0. The number of hydrogen-bond acceptors (Lipinski definition) is 4. The van der Waals surface area contributed by atoms with Crippen LogP contribution < -0.4 is 5.32 Å². The Morgan fingerprint density at radius 3 is 2.47 bits per heavy atom. The van der Waals surface area contributed by atoms with Crippen LogP contribution in [0.3, 0.4) is 0 Å². The molecule has 0 bridgehead atoms. The zero-order valence-corrected chi connectivity index (χ0v) is 11.3. The Morgan fingerprint density at radius 2 is 1.95 bits per heavy atom. The van der Waals surface area contributed by atoms with E-state index in [4.69, 9.17) is 0 Å². The van der Waals surface area contributed by atoms with E-state index in [1.807, 2.05) is 0 Å². The summed E-state index contributed by atoms with van der Waals surface area (Å²) < 4.78 is 37.2. The summed E-state index contributed by atoms with van der Waals surface area (Å²) in [6, 6.07) is 0. The minimum Gasteiger partial charge on any atom is -0.314 e. The molecule has 1 aliphatic heterocycles. The lowest BCUT2D eigenvalue weighted by molar-refractivity contribution is -0.145. The molecule has 8 heteroatoms. The Morgan fingerprint density at radius 1 is 1.32 bits per heavy atom. The Bertz CT molecular complexity index is 419. The molecule has 0 amide bonds. The van der Waals surface area contributed by atoms with Gasteiger partial charge in [-0.25, -0.2) is 9.97 Å². The van der Waals surface area contributed by atoms with Crippen LogP contribution >= 0.6 is 12.4 Å². The molecule has 108 valence electrons. The van der Waals surface area contributed by atoms with E-state index in [9.17, 15) is 13.2 Å². The van der Waals surface area contributed by atoms with Crippen LogP contribution in [0, 0.1) is 6.92 Å². The lowest BCUT2D eigenvalue weighted by Gasteiger charge is -2.27. The highest BCUT2D eigenvalue weighted by atomic mass is 35.5. The summed E-state index contributed by atoms with van der Waals surface area (Å²) in [6.07, 6.45) is -3.19. The molecule has 0 spiro atoms. The predicted molar refractivity (Wildman–Crippen MR) is 67.2 cm³/mol. The molecule has 4 nitrogen and oxygen atoms in total. The highest BCUT2D eigenvalue weighted by Crippen LogP contribution is 2.26. The number of hydrogen-bond donors (Lipinski definition) is 1. The summed E-state index contributed by atoms with van der Waals surface area (Å²) in [6.45, 7) is 5.78. The van der Waals surface area contributed by atoms with Gasteiger partial charge in [-0.15, -0.1) is 12.4 Å². The largest absolute Gasteiger partial charge is 0.451 e. The number of rotatable bonds is 2. The zero-order chi connectivity index (χ0) is 13.2. The minimum atomic E-state index is -4.47. The van der Waals surface area contributed by atoms with E-state index in [1.54, 1.807) is 6.92 Å². The van der Waals surface area contributed by atoms with Crippen LogP contribution in [0.2, 0.25) is 0 Å². The number of alkyl halides is 3. The second-order valence-corrected chi connectivity index (χ2v) is 4.33. The molecule has 0 unspecified atom stereocenters. The zero-order valence-electron chi connectivity index (χ0n) is 10.5. The highest BCUT2D eigenvalue weighted by molar-refractivity contribution is 5.85. The summed E-state index contributed by atoms with van der Waals surface area (Å²) in [5, 5.41) is 3.22. The number of halogens is 4. The molecular formula is C11H16ClF3N4. The molecule has 1 aliphatic rings. The van der Waals surface area contributed by atoms with Crippen molar-refractivity contribution in [3.05, 3.63) is 23.3 Å². The highest BCUT2D eigenvalue weighted by Gasteiger charge is 2.34. The molecule has 1 saturated heterocycles. The molecule has 19 heavy (non-hydrogen) atoms. The Balaban J connectivity index is 0.00000180. The summed E-state index contributed by atoms with van der Waals surface area (Å²) in [4.78, 5) is 9.11. The number of aromatic nitrogens is 2. The van der Waals surface area contributed by atoms with Gasteiger partial charge in [0.15, 0.2) is 0 Å². The fourth-order valence-electron chi connectivity index (χ4n) is 1.89. The minimum absolute atomic E-state index is 0. The van der Waals surface area contributed by atoms with Gasteiger partial charge in [-0.2, -0.15) is 13.2 Å². The maximum absolute atomic E-state index is 12.4. The normalized spacial score (nSPS) is 17.1. The van der Waals surface area contributed by atoms with Crippen LogP contribution in [0.5, 0.6) is 0 Å². The molecule has 0 aromatic carbocycles. The molecule has 1 aromatic heterocycles. The van der Waals surface area contributed by atoms with Gasteiger partial charge in [0.2, 0.25) is 5.82 Å². The van der Waals surface area contributed by atoms with E-state index in [2.05, 4.69) is 20.2 Å². The molecule has 1 N–H and O–H groups in total. The number of piperazine rings is 1. The van der Waals surface area contributed by atoms with E-state index in [1.165, 1.54) is 6.20 Å². The summed E-state index contributed by atoms with van der Waals surface area (Å²) in [5.74, 6) is -1.07. The van der Waals surface area contributed by atoms with Crippen molar-refractivity contribution in [3.63, 3.8) is 0 Å². The standard InChI is InChI=1S/C11H15F3N4.ClH/c1-8-9(7-18-4-2-15-3-5-18)6-16-10(17-8)11(12,13)14;/h6,15H,2-5,7H2,1H3;1H. The van der Waals surface area contributed by atoms with Crippen LogP contribution in [-0.4, -0.2) is 41.0 Å². The van der Waals surface area contributed by atoms with Crippen LogP contribution in [0.15, 0.2) is 6.20 Å². The maximum atomic E-state index is 12.4. The van der Waals surface area contributed by atoms with Crippen molar-refractivity contribution in [2.45, 2.75) is 19.6 Å². The summed E-state index contributed by atoms with van der Waals surface area (Å²) in [7, 11) is 0. The van der Waals surface area contributed by atoms with E-state index in [0.29, 0.717) is 12.2 Å².